The molecule has 5 nitrogen and oxygen atoms in total. The lowest BCUT2D eigenvalue weighted by Gasteiger charge is -2.14. The Morgan fingerprint density at radius 2 is 2.40 bits per heavy atom. The van der Waals surface area contributed by atoms with Gasteiger partial charge in [-0.15, -0.1) is 17.9 Å². The van der Waals surface area contributed by atoms with Crippen molar-refractivity contribution in [3.05, 3.63) is 23.7 Å². The Morgan fingerprint density at radius 3 is 3.05 bits per heavy atom. The molecule has 1 aromatic rings. The molecule has 0 saturated heterocycles. The van der Waals surface area contributed by atoms with E-state index in [1.807, 2.05) is 18.4 Å². The highest BCUT2D eigenvalue weighted by molar-refractivity contribution is 7.14. The summed E-state index contributed by atoms with van der Waals surface area (Å²) in [6.45, 7) is 10.7. The molecule has 0 unspecified atom stereocenters. The zero-order chi connectivity index (χ0) is 14.8. The minimum absolute atomic E-state index is 0.0250. The SMILES string of the molecule is C=CCCOCCNCc1csc(N(CC)C(C)=O)n1. The highest BCUT2D eigenvalue weighted by Gasteiger charge is 2.12. The summed E-state index contributed by atoms with van der Waals surface area (Å²) in [5, 5.41) is 6.01. The van der Waals surface area contributed by atoms with Crippen LogP contribution in [0.3, 0.4) is 0 Å². The molecule has 0 aromatic carbocycles. The van der Waals surface area contributed by atoms with Crippen molar-refractivity contribution in [2.24, 2.45) is 0 Å². The van der Waals surface area contributed by atoms with Crippen LogP contribution in [0.2, 0.25) is 0 Å². The fourth-order valence-electron chi connectivity index (χ4n) is 1.62. The first-order valence-corrected chi connectivity index (χ1v) is 7.68. The van der Waals surface area contributed by atoms with Gasteiger partial charge in [0, 0.05) is 31.9 Å². The lowest BCUT2D eigenvalue weighted by Crippen LogP contribution is -2.27. The molecule has 6 heteroatoms. The molecule has 1 amide bonds. The van der Waals surface area contributed by atoms with Crippen LogP contribution in [0, 0.1) is 0 Å². The Labute approximate surface area is 124 Å². The molecule has 1 N–H and O–H groups in total. The predicted molar refractivity (Wildman–Crippen MR) is 83.2 cm³/mol. The minimum Gasteiger partial charge on any atom is -0.380 e. The Bertz CT molecular complexity index is 420. The van der Waals surface area contributed by atoms with E-state index in [9.17, 15) is 4.79 Å². The summed E-state index contributed by atoms with van der Waals surface area (Å²) in [4.78, 5) is 17.6. The number of hydrogen-bond donors (Lipinski definition) is 1. The largest absolute Gasteiger partial charge is 0.380 e. The number of rotatable bonds is 10. The molecular formula is C14H23N3O2S. The van der Waals surface area contributed by atoms with E-state index in [0.29, 0.717) is 19.7 Å². The molecule has 0 saturated carbocycles. The average Bonchev–Trinajstić information content (AvgIpc) is 2.87. The minimum atomic E-state index is 0.0250. The summed E-state index contributed by atoms with van der Waals surface area (Å²) in [6.07, 6.45) is 2.73. The third-order valence-corrected chi connectivity index (χ3v) is 3.57. The molecule has 1 rings (SSSR count). The maximum atomic E-state index is 11.4. The number of anilines is 1. The fraction of sp³-hybridized carbons (Fsp3) is 0.571. The Balaban J connectivity index is 2.26. The summed E-state index contributed by atoms with van der Waals surface area (Å²) in [5.74, 6) is 0.0250. The van der Waals surface area contributed by atoms with Crippen LogP contribution in [0.1, 0.15) is 26.0 Å². The van der Waals surface area contributed by atoms with Gasteiger partial charge in [0.1, 0.15) is 0 Å². The maximum Gasteiger partial charge on any atom is 0.225 e. The topological polar surface area (TPSA) is 54.5 Å². The molecule has 112 valence electrons. The molecule has 0 atom stereocenters. The van der Waals surface area contributed by atoms with Gasteiger partial charge in [-0.05, 0) is 13.3 Å². The van der Waals surface area contributed by atoms with Crippen molar-refractivity contribution in [3.63, 3.8) is 0 Å². The van der Waals surface area contributed by atoms with Gasteiger partial charge in [-0.3, -0.25) is 9.69 Å². The van der Waals surface area contributed by atoms with E-state index in [1.54, 1.807) is 11.8 Å². The summed E-state index contributed by atoms with van der Waals surface area (Å²) >= 11 is 1.50. The first kappa shape index (κ1) is 16.8. The Hall–Kier alpha value is -1.24. The number of carbonyl (C=O) groups excluding carboxylic acids is 1. The number of ether oxygens (including phenoxy) is 1. The third-order valence-electron chi connectivity index (χ3n) is 2.66. The van der Waals surface area contributed by atoms with E-state index >= 15 is 0 Å². The fourth-order valence-corrected chi connectivity index (χ4v) is 2.56. The number of carbonyl (C=O) groups is 1. The van der Waals surface area contributed by atoms with Crippen molar-refractivity contribution in [1.82, 2.24) is 10.3 Å². The number of amides is 1. The molecule has 0 aliphatic heterocycles. The van der Waals surface area contributed by atoms with E-state index in [0.717, 1.165) is 30.4 Å². The normalized spacial score (nSPS) is 10.5. The zero-order valence-electron chi connectivity index (χ0n) is 12.2. The second-order valence-corrected chi connectivity index (χ2v) is 5.09. The number of aromatic nitrogens is 1. The van der Waals surface area contributed by atoms with Crippen molar-refractivity contribution < 1.29 is 9.53 Å². The predicted octanol–water partition coefficient (Wildman–Crippen LogP) is 2.20. The summed E-state index contributed by atoms with van der Waals surface area (Å²) in [6, 6.07) is 0. The first-order chi connectivity index (χ1) is 9.69. The van der Waals surface area contributed by atoms with Gasteiger partial charge in [-0.25, -0.2) is 4.98 Å². The van der Waals surface area contributed by atoms with Crippen molar-refractivity contribution in [2.75, 3.05) is 31.2 Å². The lowest BCUT2D eigenvalue weighted by molar-refractivity contribution is -0.116. The van der Waals surface area contributed by atoms with Crippen molar-refractivity contribution in [3.8, 4) is 0 Å². The van der Waals surface area contributed by atoms with E-state index in [2.05, 4.69) is 16.9 Å². The van der Waals surface area contributed by atoms with Crippen LogP contribution in [0.4, 0.5) is 5.13 Å². The van der Waals surface area contributed by atoms with Crippen LogP contribution >= 0.6 is 11.3 Å². The lowest BCUT2D eigenvalue weighted by atomic mass is 10.4. The van der Waals surface area contributed by atoms with Gasteiger partial charge in [-0.1, -0.05) is 6.08 Å². The van der Waals surface area contributed by atoms with Crippen molar-refractivity contribution in [2.45, 2.75) is 26.8 Å². The second-order valence-electron chi connectivity index (χ2n) is 4.25. The number of nitrogens with zero attached hydrogens (tertiary/aromatic N) is 2. The highest BCUT2D eigenvalue weighted by Crippen LogP contribution is 2.20. The van der Waals surface area contributed by atoms with Crippen LogP contribution in [-0.4, -0.2) is 37.2 Å². The summed E-state index contributed by atoms with van der Waals surface area (Å²) in [7, 11) is 0. The molecule has 20 heavy (non-hydrogen) atoms. The number of thiazole rings is 1. The summed E-state index contributed by atoms with van der Waals surface area (Å²) in [5.41, 5.74) is 0.954. The van der Waals surface area contributed by atoms with Crippen molar-refractivity contribution >= 4 is 22.4 Å². The highest BCUT2D eigenvalue weighted by atomic mass is 32.1. The van der Waals surface area contributed by atoms with E-state index in [-0.39, 0.29) is 5.91 Å². The maximum absolute atomic E-state index is 11.4. The van der Waals surface area contributed by atoms with E-state index in [1.165, 1.54) is 11.3 Å². The molecular weight excluding hydrogens is 274 g/mol. The van der Waals surface area contributed by atoms with Crippen LogP contribution in [0.5, 0.6) is 0 Å². The number of hydrogen-bond acceptors (Lipinski definition) is 5. The smallest absolute Gasteiger partial charge is 0.225 e. The molecule has 1 heterocycles. The molecule has 0 aliphatic carbocycles. The van der Waals surface area contributed by atoms with Gasteiger partial charge in [0.25, 0.3) is 0 Å². The van der Waals surface area contributed by atoms with Crippen LogP contribution < -0.4 is 10.2 Å². The van der Waals surface area contributed by atoms with Gasteiger partial charge in [0.2, 0.25) is 5.91 Å². The molecule has 0 bridgehead atoms. The van der Waals surface area contributed by atoms with E-state index < -0.39 is 0 Å². The first-order valence-electron chi connectivity index (χ1n) is 6.80. The van der Waals surface area contributed by atoms with Gasteiger partial charge in [0.05, 0.1) is 18.9 Å². The van der Waals surface area contributed by atoms with Crippen LogP contribution in [-0.2, 0) is 16.1 Å². The van der Waals surface area contributed by atoms with Crippen LogP contribution in [0.25, 0.3) is 0 Å². The van der Waals surface area contributed by atoms with Gasteiger partial charge in [0.15, 0.2) is 5.13 Å². The third kappa shape index (κ3) is 5.81. The van der Waals surface area contributed by atoms with Crippen LogP contribution in [0.15, 0.2) is 18.0 Å². The molecule has 0 spiro atoms. The molecule has 1 aromatic heterocycles. The standard InChI is InChI=1S/C14H23N3O2S/c1-4-6-8-19-9-7-15-10-13-11-20-14(16-13)17(5-2)12(3)18/h4,11,15H,1,5-10H2,2-3H3. The summed E-state index contributed by atoms with van der Waals surface area (Å²) < 4.78 is 5.40. The molecule has 0 aliphatic rings. The molecule has 0 fully saturated rings. The molecule has 0 radical (unpaired) electrons. The average molecular weight is 297 g/mol. The Morgan fingerprint density at radius 1 is 1.60 bits per heavy atom. The van der Waals surface area contributed by atoms with Gasteiger partial charge in [-0.2, -0.15) is 0 Å². The second kappa shape index (κ2) is 9.63. The van der Waals surface area contributed by atoms with E-state index in [4.69, 9.17) is 4.74 Å². The quantitative estimate of drug-likeness (QED) is 0.531. The van der Waals surface area contributed by atoms with Crippen molar-refractivity contribution in [1.29, 1.82) is 0 Å². The number of nitrogens with one attached hydrogen (secondary N) is 1. The monoisotopic (exact) mass is 297 g/mol. The van der Waals surface area contributed by atoms with Gasteiger partial charge < -0.3 is 10.1 Å². The van der Waals surface area contributed by atoms with Gasteiger partial charge >= 0.3 is 0 Å². The zero-order valence-corrected chi connectivity index (χ0v) is 13.0. The Kier molecular flexibility index (Phi) is 8.10.